The summed E-state index contributed by atoms with van der Waals surface area (Å²) in [5, 5.41) is 0. The van der Waals surface area contributed by atoms with Gasteiger partial charge >= 0.3 is 21.9 Å². The molecule has 0 aliphatic carbocycles. The molecule has 0 aromatic rings. The lowest BCUT2D eigenvalue weighted by atomic mass is 10.6. The van der Waals surface area contributed by atoms with E-state index < -0.39 is 21.9 Å². The van der Waals surface area contributed by atoms with Gasteiger partial charge in [0.25, 0.3) is 0 Å². The van der Waals surface area contributed by atoms with Crippen molar-refractivity contribution in [3.05, 3.63) is 0 Å². The normalized spacial score (nSPS) is 22.0. The largest absolute Gasteiger partial charge is 0.460 e. The minimum Gasteiger partial charge on any atom is -0.276 e. The van der Waals surface area contributed by atoms with E-state index in [1.807, 2.05) is 0 Å². The van der Waals surface area contributed by atoms with E-state index in [1.54, 1.807) is 0 Å². The molecule has 0 bridgehead atoms. The first-order valence-electron chi connectivity index (χ1n) is 2.80. The first-order valence-corrected chi connectivity index (χ1v) is 4.38. The molecule has 11 heteroatoms. The van der Waals surface area contributed by atoms with Gasteiger partial charge in [0, 0.05) is 0 Å². The van der Waals surface area contributed by atoms with Gasteiger partial charge in [0.15, 0.2) is 0 Å². The maximum Gasteiger partial charge on any atom is 0.460 e. The van der Waals surface area contributed by atoms with Crippen molar-refractivity contribution in [2.75, 3.05) is 0 Å². The summed E-state index contributed by atoms with van der Waals surface area (Å²) in [5.74, 6) is 0. The van der Waals surface area contributed by atoms with Crippen LogP contribution in [0.4, 0.5) is 35.1 Å². The Labute approximate surface area is 94.0 Å². The molecule has 2 atom stereocenters. The average Bonchev–Trinajstić information content (AvgIpc) is 1.77. The standard InChI is InChI=1S/C4Br2F8O/c5-1(7,3(9,10)11)15-2(6,8)4(12,13)14. The van der Waals surface area contributed by atoms with Crippen LogP contribution in [0.5, 0.6) is 0 Å². The molecule has 0 spiro atoms. The van der Waals surface area contributed by atoms with Gasteiger partial charge in [0.2, 0.25) is 0 Å². The molecular weight excluding hydrogens is 376 g/mol. The number of ether oxygens (including phenoxy) is 1. The number of rotatable bonds is 2. The second-order valence-corrected chi connectivity index (χ2v) is 4.17. The Morgan fingerprint density at radius 3 is 0.933 bits per heavy atom. The molecule has 0 aromatic heterocycles. The van der Waals surface area contributed by atoms with Gasteiger partial charge in [-0.25, -0.2) is 0 Å². The van der Waals surface area contributed by atoms with E-state index in [0.29, 0.717) is 0 Å². The predicted octanol–water partition coefficient (Wildman–Crippen LogP) is 4.16. The lowest BCUT2D eigenvalue weighted by Gasteiger charge is -2.29. The summed E-state index contributed by atoms with van der Waals surface area (Å²) in [7, 11) is 0. The zero-order valence-electron chi connectivity index (χ0n) is 6.19. The molecule has 1 nitrogen and oxygen atoms in total. The topological polar surface area (TPSA) is 9.23 Å². The van der Waals surface area contributed by atoms with Crippen LogP contribution in [0, 0.1) is 0 Å². The molecule has 0 aromatic carbocycles. The van der Waals surface area contributed by atoms with Crippen LogP contribution in [0.1, 0.15) is 0 Å². The second-order valence-electron chi connectivity index (χ2n) is 2.13. The smallest absolute Gasteiger partial charge is 0.276 e. The van der Waals surface area contributed by atoms with Crippen LogP contribution in [0.2, 0.25) is 0 Å². The molecule has 15 heavy (non-hydrogen) atoms. The van der Waals surface area contributed by atoms with Crippen LogP contribution in [-0.4, -0.2) is 21.9 Å². The van der Waals surface area contributed by atoms with Gasteiger partial charge in [-0.2, -0.15) is 35.1 Å². The van der Waals surface area contributed by atoms with E-state index >= 15 is 0 Å². The van der Waals surface area contributed by atoms with Crippen molar-refractivity contribution in [3.63, 3.8) is 0 Å². The Morgan fingerprint density at radius 1 is 0.600 bits per heavy atom. The predicted molar refractivity (Wildman–Crippen MR) is 38.7 cm³/mol. The summed E-state index contributed by atoms with van der Waals surface area (Å²) in [4.78, 5) is 0. The molecular formula is C4Br2F8O. The summed E-state index contributed by atoms with van der Waals surface area (Å²) >= 11 is 2.29. The molecule has 0 aliphatic heterocycles. The van der Waals surface area contributed by atoms with E-state index in [1.165, 1.54) is 0 Å². The molecule has 92 valence electrons. The molecule has 0 fully saturated rings. The SMILES string of the molecule is FC(F)(F)C(F)(Br)OC(F)(Br)C(F)(F)F. The quantitative estimate of drug-likeness (QED) is 0.520. The van der Waals surface area contributed by atoms with Crippen LogP contribution in [0.15, 0.2) is 0 Å². The maximum atomic E-state index is 12.4. The van der Waals surface area contributed by atoms with Gasteiger partial charge in [-0.05, 0) is 31.9 Å². The van der Waals surface area contributed by atoms with Gasteiger partial charge in [0.05, 0.1) is 0 Å². The van der Waals surface area contributed by atoms with Crippen molar-refractivity contribution < 1.29 is 39.9 Å². The van der Waals surface area contributed by atoms with Gasteiger partial charge in [0.1, 0.15) is 0 Å². The van der Waals surface area contributed by atoms with E-state index in [-0.39, 0.29) is 0 Å². The minimum atomic E-state index is -5.87. The Balaban J connectivity index is 4.89. The van der Waals surface area contributed by atoms with Gasteiger partial charge in [-0.1, -0.05) is 0 Å². The summed E-state index contributed by atoms with van der Waals surface area (Å²) < 4.78 is 87.4. The second kappa shape index (κ2) is 3.99. The molecule has 0 saturated heterocycles. The number of alkyl halides is 10. The Hall–Kier alpha value is 0.360. The Kier molecular flexibility index (Phi) is 4.08. The molecule has 0 N–H and O–H groups in total. The summed E-state index contributed by atoms with van der Waals surface area (Å²) in [6.07, 6.45) is -11.7. The monoisotopic (exact) mass is 374 g/mol. The third kappa shape index (κ3) is 3.70. The van der Waals surface area contributed by atoms with Crippen molar-refractivity contribution in [3.8, 4) is 0 Å². The number of hydrogen-bond donors (Lipinski definition) is 0. The average molecular weight is 376 g/mol. The van der Waals surface area contributed by atoms with Crippen molar-refractivity contribution in [1.29, 1.82) is 0 Å². The fourth-order valence-corrected chi connectivity index (χ4v) is 0.940. The molecule has 0 heterocycles. The van der Waals surface area contributed by atoms with Crippen LogP contribution in [0.3, 0.4) is 0 Å². The third-order valence-corrected chi connectivity index (χ3v) is 2.14. The first kappa shape index (κ1) is 15.4. The van der Waals surface area contributed by atoms with Crippen LogP contribution in [0.25, 0.3) is 0 Å². The minimum absolute atomic E-state index is 1.15. The number of hydrogen-bond acceptors (Lipinski definition) is 1. The summed E-state index contributed by atoms with van der Waals surface area (Å²) in [5.41, 5.74) is 0. The zero-order chi connectivity index (χ0) is 12.7. The third-order valence-electron chi connectivity index (χ3n) is 0.916. The van der Waals surface area contributed by atoms with E-state index in [2.05, 4.69) is 4.74 Å². The molecule has 0 aliphatic rings. The molecule has 2 unspecified atom stereocenters. The van der Waals surface area contributed by atoms with E-state index in [4.69, 9.17) is 0 Å². The molecule has 0 amide bonds. The highest BCUT2D eigenvalue weighted by Gasteiger charge is 2.66. The first-order chi connectivity index (χ1) is 6.21. The van der Waals surface area contributed by atoms with Gasteiger partial charge in [-0.15, -0.1) is 0 Å². The van der Waals surface area contributed by atoms with Gasteiger partial charge in [-0.3, -0.25) is 4.74 Å². The lowest BCUT2D eigenvalue weighted by Crippen LogP contribution is -2.48. The van der Waals surface area contributed by atoms with Crippen LogP contribution >= 0.6 is 31.9 Å². The Bertz CT molecular complexity index is 206. The van der Waals surface area contributed by atoms with E-state index in [0.717, 1.165) is 31.9 Å². The molecule has 0 rings (SSSR count). The Morgan fingerprint density at radius 2 is 0.800 bits per heavy atom. The van der Waals surface area contributed by atoms with Crippen LogP contribution < -0.4 is 0 Å². The fourth-order valence-electron chi connectivity index (χ4n) is 0.277. The summed E-state index contributed by atoms with van der Waals surface area (Å²) in [6, 6.07) is 0. The van der Waals surface area contributed by atoms with Crippen molar-refractivity contribution in [1.82, 2.24) is 0 Å². The zero-order valence-corrected chi connectivity index (χ0v) is 9.36. The molecule has 0 saturated carbocycles. The number of halogens is 10. The maximum absolute atomic E-state index is 12.4. The molecule has 0 radical (unpaired) electrons. The van der Waals surface area contributed by atoms with Crippen molar-refractivity contribution in [2.45, 2.75) is 21.9 Å². The fraction of sp³-hybridized carbons (Fsp3) is 1.00. The summed E-state index contributed by atoms with van der Waals surface area (Å²) in [6.45, 7) is 0. The van der Waals surface area contributed by atoms with Crippen molar-refractivity contribution in [2.24, 2.45) is 0 Å². The van der Waals surface area contributed by atoms with E-state index in [9.17, 15) is 35.1 Å². The highest BCUT2D eigenvalue weighted by molar-refractivity contribution is 9.10. The van der Waals surface area contributed by atoms with Gasteiger partial charge < -0.3 is 0 Å². The highest BCUT2D eigenvalue weighted by Crippen LogP contribution is 2.49. The van der Waals surface area contributed by atoms with Crippen molar-refractivity contribution >= 4 is 31.9 Å². The van der Waals surface area contributed by atoms with Crippen LogP contribution in [-0.2, 0) is 4.74 Å². The lowest BCUT2D eigenvalue weighted by molar-refractivity contribution is -0.367. The highest BCUT2D eigenvalue weighted by atomic mass is 79.9.